The predicted octanol–water partition coefficient (Wildman–Crippen LogP) is 1.63. The predicted molar refractivity (Wildman–Crippen MR) is 74.9 cm³/mol. The minimum atomic E-state index is -0.599. The topological polar surface area (TPSA) is 76.7 Å². The fourth-order valence-corrected chi connectivity index (χ4v) is 1.77. The van der Waals surface area contributed by atoms with Crippen molar-refractivity contribution in [3.63, 3.8) is 0 Å². The Hall–Kier alpha value is -2.08. The zero-order valence-corrected chi connectivity index (χ0v) is 11.8. The van der Waals surface area contributed by atoms with Gasteiger partial charge in [-0.1, -0.05) is 0 Å². The number of benzene rings is 1. The van der Waals surface area contributed by atoms with E-state index in [0.29, 0.717) is 23.7 Å². The van der Waals surface area contributed by atoms with Gasteiger partial charge in [0.2, 0.25) is 11.8 Å². The summed E-state index contributed by atoms with van der Waals surface area (Å²) in [7, 11) is 1.45. The molecule has 0 radical (unpaired) electrons. The number of anilines is 2. The van der Waals surface area contributed by atoms with Crippen LogP contribution in [-0.4, -0.2) is 32.1 Å². The highest BCUT2D eigenvalue weighted by Gasteiger charge is 2.32. The molecule has 2 rings (SSSR count). The van der Waals surface area contributed by atoms with Crippen LogP contribution in [0.3, 0.4) is 0 Å². The molecule has 2 N–H and O–H groups in total. The van der Waals surface area contributed by atoms with E-state index in [1.807, 2.05) is 13.8 Å². The fraction of sp³-hybridized carbons (Fsp3) is 0.429. The summed E-state index contributed by atoms with van der Waals surface area (Å²) < 4.78 is 10.4. The zero-order chi connectivity index (χ0) is 14.8. The number of rotatable bonds is 3. The Morgan fingerprint density at radius 3 is 2.95 bits per heavy atom. The van der Waals surface area contributed by atoms with Crippen molar-refractivity contribution in [3.8, 4) is 5.75 Å². The van der Waals surface area contributed by atoms with Gasteiger partial charge in [-0.3, -0.25) is 9.59 Å². The number of carbonyl (C=O) groups is 2. The van der Waals surface area contributed by atoms with Crippen molar-refractivity contribution in [1.29, 1.82) is 0 Å². The largest absolute Gasteiger partial charge is 0.490 e. The lowest BCUT2D eigenvalue weighted by Gasteiger charge is -2.18. The van der Waals surface area contributed by atoms with E-state index in [9.17, 15) is 9.59 Å². The van der Waals surface area contributed by atoms with E-state index in [4.69, 9.17) is 9.47 Å². The molecular formula is C14H18N2O4. The van der Waals surface area contributed by atoms with Crippen LogP contribution in [-0.2, 0) is 14.3 Å². The zero-order valence-electron chi connectivity index (χ0n) is 11.8. The van der Waals surface area contributed by atoms with Crippen LogP contribution in [0.15, 0.2) is 18.2 Å². The van der Waals surface area contributed by atoms with Gasteiger partial charge in [0.25, 0.3) is 0 Å². The molecule has 0 aliphatic carbocycles. The summed E-state index contributed by atoms with van der Waals surface area (Å²) in [5, 5.41) is 5.49. The lowest BCUT2D eigenvalue weighted by atomic mass is 9.94. The molecule has 0 bridgehead atoms. The third-order valence-electron chi connectivity index (χ3n) is 2.99. The molecule has 1 heterocycles. The summed E-state index contributed by atoms with van der Waals surface area (Å²) in [6.45, 7) is 3.92. The van der Waals surface area contributed by atoms with Gasteiger partial charge in [-0.25, -0.2) is 0 Å². The van der Waals surface area contributed by atoms with Crippen LogP contribution in [0.4, 0.5) is 11.4 Å². The maximum Gasteiger partial charge on any atom is 0.250 e. The van der Waals surface area contributed by atoms with Crippen molar-refractivity contribution in [3.05, 3.63) is 18.2 Å². The van der Waals surface area contributed by atoms with E-state index >= 15 is 0 Å². The van der Waals surface area contributed by atoms with Gasteiger partial charge in [0.15, 0.2) is 0 Å². The number of hydrogen-bond acceptors (Lipinski definition) is 4. The van der Waals surface area contributed by atoms with Crippen LogP contribution in [0, 0.1) is 5.41 Å². The Balaban J connectivity index is 2.20. The summed E-state index contributed by atoms with van der Waals surface area (Å²) in [5.41, 5.74) is 0.531. The summed E-state index contributed by atoms with van der Waals surface area (Å²) >= 11 is 0. The second-order valence-corrected chi connectivity index (χ2v) is 5.32. The highest BCUT2D eigenvalue weighted by molar-refractivity contribution is 5.98. The molecule has 108 valence electrons. The van der Waals surface area contributed by atoms with Crippen LogP contribution >= 0.6 is 0 Å². The average Bonchev–Trinajstić information content (AvgIpc) is 2.47. The Labute approximate surface area is 117 Å². The summed E-state index contributed by atoms with van der Waals surface area (Å²) in [6, 6.07) is 5.11. The lowest BCUT2D eigenvalue weighted by Crippen LogP contribution is -2.33. The Morgan fingerprint density at radius 1 is 1.50 bits per heavy atom. The lowest BCUT2D eigenvalue weighted by molar-refractivity contribution is -0.125. The van der Waals surface area contributed by atoms with Crippen molar-refractivity contribution in [2.75, 3.05) is 31.0 Å². The first-order chi connectivity index (χ1) is 9.42. The van der Waals surface area contributed by atoms with Gasteiger partial charge in [-0.15, -0.1) is 0 Å². The van der Waals surface area contributed by atoms with Crippen LogP contribution in [0.5, 0.6) is 5.75 Å². The van der Waals surface area contributed by atoms with Gasteiger partial charge in [-0.05, 0) is 32.0 Å². The molecule has 0 aromatic heterocycles. The van der Waals surface area contributed by atoms with E-state index in [1.54, 1.807) is 18.2 Å². The molecule has 0 spiro atoms. The molecule has 0 unspecified atom stereocenters. The number of ether oxygens (including phenoxy) is 2. The molecule has 1 aromatic rings. The maximum absolute atomic E-state index is 12.0. The SMILES string of the molecule is COCC(=O)Nc1ccc2c(c1)NC(=O)C(C)(C)CO2. The van der Waals surface area contributed by atoms with E-state index < -0.39 is 5.41 Å². The van der Waals surface area contributed by atoms with Gasteiger partial charge >= 0.3 is 0 Å². The second-order valence-electron chi connectivity index (χ2n) is 5.32. The van der Waals surface area contributed by atoms with Crippen molar-refractivity contribution in [1.82, 2.24) is 0 Å². The minimum absolute atomic E-state index is 0.0209. The Bertz CT molecular complexity index is 540. The van der Waals surface area contributed by atoms with E-state index in [0.717, 1.165) is 0 Å². The third-order valence-corrected chi connectivity index (χ3v) is 2.99. The molecule has 1 aliphatic rings. The minimum Gasteiger partial charge on any atom is -0.490 e. The Morgan fingerprint density at radius 2 is 2.25 bits per heavy atom. The van der Waals surface area contributed by atoms with E-state index in [-0.39, 0.29) is 18.4 Å². The van der Waals surface area contributed by atoms with Crippen molar-refractivity contribution in [2.24, 2.45) is 5.41 Å². The number of hydrogen-bond donors (Lipinski definition) is 2. The number of fused-ring (bicyclic) bond motifs is 1. The molecule has 2 amide bonds. The van der Waals surface area contributed by atoms with E-state index in [1.165, 1.54) is 7.11 Å². The van der Waals surface area contributed by atoms with Crippen molar-refractivity contribution in [2.45, 2.75) is 13.8 Å². The van der Waals surface area contributed by atoms with Gasteiger partial charge in [0.05, 0.1) is 11.1 Å². The molecular weight excluding hydrogens is 260 g/mol. The van der Waals surface area contributed by atoms with Crippen LogP contribution in [0.25, 0.3) is 0 Å². The standard InChI is InChI=1S/C14H18N2O4/c1-14(2)8-20-11-5-4-9(15-12(17)7-19-3)6-10(11)16-13(14)18/h4-6H,7-8H2,1-3H3,(H,15,17)(H,16,18). The summed E-state index contributed by atoms with van der Waals surface area (Å²) in [6.07, 6.45) is 0. The number of carbonyl (C=O) groups excluding carboxylic acids is 2. The second kappa shape index (κ2) is 5.50. The first kappa shape index (κ1) is 14.3. The summed E-state index contributed by atoms with van der Waals surface area (Å²) in [5.74, 6) is 0.221. The fourth-order valence-electron chi connectivity index (χ4n) is 1.77. The molecule has 20 heavy (non-hydrogen) atoms. The third kappa shape index (κ3) is 3.08. The van der Waals surface area contributed by atoms with Gasteiger partial charge in [0.1, 0.15) is 19.0 Å². The number of amides is 2. The smallest absolute Gasteiger partial charge is 0.250 e. The highest BCUT2D eigenvalue weighted by Crippen LogP contribution is 2.34. The van der Waals surface area contributed by atoms with Gasteiger partial charge in [-0.2, -0.15) is 0 Å². The molecule has 0 atom stereocenters. The number of methoxy groups -OCH3 is 1. The van der Waals surface area contributed by atoms with E-state index in [2.05, 4.69) is 10.6 Å². The average molecular weight is 278 g/mol. The first-order valence-electron chi connectivity index (χ1n) is 6.29. The molecule has 1 aromatic carbocycles. The maximum atomic E-state index is 12.0. The molecule has 6 heteroatoms. The van der Waals surface area contributed by atoms with Crippen LogP contribution in [0.2, 0.25) is 0 Å². The quantitative estimate of drug-likeness (QED) is 0.881. The van der Waals surface area contributed by atoms with Crippen LogP contribution < -0.4 is 15.4 Å². The molecule has 0 saturated heterocycles. The molecule has 1 aliphatic heterocycles. The normalized spacial score (nSPS) is 16.4. The Kier molecular flexibility index (Phi) is 3.94. The van der Waals surface area contributed by atoms with Gasteiger partial charge in [0, 0.05) is 12.8 Å². The highest BCUT2D eigenvalue weighted by atomic mass is 16.5. The molecule has 6 nitrogen and oxygen atoms in total. The van der Waals surface area contributed by atoms with Gasteiger partial charge < -0.3 is 20.1 Å². The van der Waals surface area contributed by atoms with Crippen molar-refractivity contribution < 1.29 is 19.1 Å². The van der Waals surface area contributed by atoms with Crippen LogP contribution in [0.1, 0.15) is 13.8 Å². The van der Waals surface area contributed by atoms with Crippen molar-refractivity contribution >= 4 is 23.2 Å². The number of nitrogens with one attached hydrogen (secondary N) is 2. The summed E-state index contributed by atoms with van der Waals surface area (Å²) in [4.78, 5) is 23.5. The monoisotopic (exact) mass is 278 g/mol. The molecule has 0 fully saturated rings. The molecule has 0 saturated carbocycles. The first-order valence-corrected chi connectivity index (χ1v) is 6.29.